The van der Waals surface area contributed by atoms with Crippen molar-refractivity contribution in [3.05, 3.63) is 170 Å². The third kappa shape index (κ3) is 5.35. The number of aromatic nitrogens is 6. The average Bonchev–Trinajstić information content (AvgIpc) is 2.96. The Bertz CT molecular complexity index is 1990. The summed E-state index contributed by atoms with van der Waals surface area (Å²) in [4.78, 5) is 82.6. The fourth-order valence-corrected chi connectivity index (χ4v) is 4.80. The number of rotatable bonds is 7. The van der Waals surface area contributed by atoms with Crippen LogP contribution in [-0.2, 0) is 27.2 Å². The van der Waals surface area contributed by atoms with Gasteiger partial charge >= 0.3 is 17.1 Å². The van der Waals surface area contributed by atoms with Crippen LogP contribution < -0.4 is 33.7 Å². The lowest BCUT2D eigenvalue weighted by Crippen LogP contribution is -2.42. The number of benzene rings is 2. The summed E-state index contributed by atoms with van der Waals surface area (Å²) in [7, 11) is 2.72. The molecule has 0 saturated carbocycles. The first-order chi connectivity index (χ1) is 19.6. The minimum absolute atomic E-state index is 0.0691. The average molecular weight is 555 g/mol. The molecule has 2 N–H and O–H groups in total. The van der Waals surface area contributed by atoms with E-state index in [1.165, 1.54) is 41.8 Å². The van der Waals surface area contributed by atoms with Crippen molar-refractivity contribution in [3.63, 3.8) is 0 Å². The highest BCUT2D eigenvalue weighted by Crippen LogP contribution is 2.25. The van der Waals surface area contributed by atoms with Crippen LogP contribution in [0.3, 0.4) is 0 Å². The first kappa shape index (κ1) is 27.1. The number of nitrogens with one attached hydrogen (secondary N) is 2. The molecule has 12 heteroatoms. The highest BCUT2D eigenvalue weighted by atomic mass is 16.2. The van der Waals surface area contributed by atoms with Crippen molar-refractivity contribution in [3.8, 4) is 0 Å². The Morgan fingerprint density at radius 2 is 1.05 bits per heavy atom. The molecule has 0 aliphatic carbocycles. The quantitative estimate of drug-likeness (QED) is 0.290. The largest absolute Gasteiger partial charge is 0.330 e. The van der Waals surface area contributed by atoms with E-state index in [4.69, 9.17) is 0 Å². The van der Waals surface area contributed by atoms with Gasteiger partial charge in [-0.15, -0.1) is 0 Å². The third-order valence-electron chi connectivity index (χ3n) is 6.87. The number of H-pyrrole nitrogens is 2. The highest BCUT2D eigenvalue weighted by molar-refractivity contribution is 5.38. The van der Waals surface area contributed by atoms with Crippen LogP contribution in [0.1, 0.15) is 33.7 Å². The second kappa shape index (κ2) is 10.9. The minimum Gasteiger partial charge on any atom is -0.303 e. The summed E-state index contributed by atoms with van der Waals surface area (Å²) in [5, 5.41) is 0. The van der Waals surface area contributed by atoms with Crippen molar-refractivity contribution in [2.24, 2.45) is 14.1 Å². The molecule has 0 radical (unpaired) electrons. The van der Waals surface area contributed by atoms with E-state index in [1.54, 1.807) is 24.3 Å². The van der Waals surface area contributed by atoms with Crippen molar-refractivity contribution in [1.82, 2.24) is 28.2 Å². The van der Waals surface area contributed by atoms with Crippen molar-refractivity contribution in [2.45, 2.75) is 19.0 Å². The maximum absolute atomic E-state index is 13.4. The first-order valence-corrected chi connectivity index (χ1v) is 12.7. The summed E-state index contributed by atoms with van der Waals surface area (Å²) in [5.74, 6) is -1.33. The summed E-state index contributed by atoms with van der Waals surface area (Å²) in [5.41, 5.74) is -3.05. The number of aromatic amines is 2. The Balaban J connectivity index is 1.78. The second-order valence-electron chi connectivity index (χ2n) is 9.69. The predicted octanol–water partition coefficient (Wildman–Crippen LogP) is 0.0608. The molecule has 2 aromatic carbocycles. The van der Waals surface area contributed by atoms with Gasteiger partial charge in [-0.2, -0.15) is 0 Å². The normalized spacial score (nSPS) is 11.2. The molecule has 3 heterocycles. The second-order valence-corrected chi connectivity index (χ2v) is 9.69. The lowest BCUT2D eigenvalue weighted by atomic mass is 9.89. The van der Waals surface area contributed by atoms with Gasteiger partial charge in [-0.3, -0.25) is 38.1 Å². The fourth-order valence-electron chi connectivity index (χ4n) is 4.80. The molecule has 5 rings (SSSR count). The molecule has 208 valence electrons. The molecule has 0 aliphatic heterocycles. The Kier molecular flexibility index (Phi) is 7.21. The van der Waals surface area contributed by atoms with Gasteiger partial charge in [-0.05, 0) is 11.1 Å². The lowest BCUT2D eigenvalue weighted by Gasteiger charge is -2.20. The molecule has 0 saturated heterocycles. The summed E-state index contributed by atoms with van der Waals surface area (Å²) in [6, 6.07) is 18.1. The molecule has 0 aliphatic rings. The summed E-state index contributed by atoms with van der Waals surface area (Å²) in [6.07, 6.45) is 3.86. The highest BCUT2D eigenvalue weighted by Gasteiger charge is 2.29. The standard InChI is InChI=1S/C29H26N6O6/c1-32-15-22(26(38)33(2)29(32)41)23(20-16-34(27(39)30-24(20)36)13-18-9-5-3-6-10-18)21-17-35(28(40)31-25(21)37)14-19-11-7-4-8-12-19/h3-12,15-17,23H,13-14H2,1-2H3,(H,30,36,39)(H,31,37,40). The fraction of sp³-hybridized carbons (Fsp3) is 0.172. The van der Waals surface area contributed by atoms with Gasteiger partial charge in [-0.25, -0.2) is 14.4 Å². The molecule has 0 spiro atoms. The molecule has 0 bridgehead atoms. The van der Waals surface area contributed by atoms with Gasteiger partial charge in [0, 0.05) is 49.4 Å². The molecule has 12 nitrogen and oxygen atoms in total. The van der Waals surface area contributed by atoms with E-state index in [1.807, 2.05) is 36.4 Å². The van der Waals surface area contributed by atoms with Gasteiger partial charge in [0.25, 0.3) is 16.7 Å². The molecule has 5 aromatic rings. The van der Waals surface area contributed by atoms with Crippen molar-refractivity contribution in [2.75, 3.05) is 0 Å². The van der Waals surface area contributed by atoms with Crippen LogP contribution in [0.5, 0.6) is 0 Å². The Labute approximate surface area is 231 Å². The lowest BCUT2D eigenvalue weighted by molar-refractivity contribution is 0.647. The summed E-state index contributed by atoms with van der Waals surface area (Å²) < 4.78 is 4.55. The maximum Gasteiger partial charge on any atom is 0.330 e. The predicted molar refractivity (Wildman–Crippen MR) is 152 cm³/mol. The smallest absolute Gasteiger partial charge is 0.303 e. The summed E-state index contributed by atoms with van der Waals surface area (Å²) in [6.45, 7) is 0.205. The monoisotopic (exact) mass is 554 g/mol. The molecule has 0 amide bonds. The first-order valence-electron chi connectivity index (χ1n) is 12.7. The van der Waals surface area contributed by atoms with E-state index in [-0.39, 0.29) is 29.8 Å². The van der Waals surface area contributed by atoms with Gasteiger partial charge in [0.2, 0.25) is 0 Å². The molecule has 0 atom stereocenters. The van der Waals surface area contributed by atoms with E-state index in [9.17, 15) is 28.8 Å². The molecule has 3 aromatic heterocycles. The zero-order chi connectivity index (χ0) is 29.3. The Hall–Kier alpha value is -5.52. The van der Waals surface area contributed by atoms with E-state index >= 15 is 0 Å². The molecule has 0 unspecified atom stereocenters. The van der Waals surface area contributed by atoms with Crippen molar-refractivity contribution >= 4 is 0 Å². The SMILES string of the molecule is Cn1cc(C(c2cn(Cc3ccccc3)c(=O)[nH]c2=O)c2cn(Cc3ccccc3)c(=O)[nH]c2=O)c(=O)n(C)c1=O. The van der Waals surface area contributed by atoms with Crippen LogP contribution >= 0.6 is 0 Å². The zero-order valence-corrected chi connectivity index (χ0v) is 22.2. The van der Waals surface area contributed by atoms with Crippen molar-refractivity contribution < 1.29 is 0 Å². The third-order valence-corrected chi connectivity index (χ3v) is 6.87. The van der Waals surface area contributed by atoms with E-state index in [0.717, 1.165) is 20.3 Å². The van der Waals surface area contributed by atoms with Gasteiger partial charge in [-0.1, -0.05) is 60.7 Å². The number of hydrogen-bond acceptors (Lipinski definition) is 6. The Morgan fingerprint density at radius 3 is 1.49 bits per heavy atom. The Morgan fingerprint density at radius 1 is 0.610 bits per heavy atom. The van der Waals surface area contributed by atoms with Crippen LogP contribution in [-0.4, -0.2) is 28.2 Å². The summed E-state index contributed by atoms with van der Waals surface area (Å²) >= 11 is 0. The number of hydrogen-bond donors (Lipinski definition) is 2. The van der Waals surface area contributed by atoms with Gasteiger partial charge < -0.3 is 4.57 Å². The van der Waals surface area contributed by atoms with Crippen LogP contribution in [0.15, 0.2) is 108 Å². The maximum atomic E-state index is 13.4. The molecule has 41 heavy (non-hydrogen) atoms. The van der Waals surface area contributed by atoms with E-state index in [0.29, 0.717) is 0 Å². The van der Waals surface area contributed by atoms with E-state index < -0.39 is 39.7 Å². The van der Waals surface area contributed by atoms with Gasteiger partial charge in [0.05, 0.1) is 19.0 Å². The minimum atomic E-state index is -1.33. The number of nitrogens with zero attached hydrogens (tertiary/aromatic N) is 4. The van der Waals surface area contributed by atoms with Gasteiger partial charge in [0.15, 0.2) is 0 Å². The van der Waals surface area contributed by atoms with E-state index in [2.05, 4.69) is 9.97 Å². The molecule has 0 fully saturated rings. The van der Waals surface area contributed by atoms with Crippen LogP contribution in [0.4, 0.5) is 0 Å². The van der Waals surface area contributed by atoms with Crippen LogP contribution in [0.2, 0.25) is 0 Å². The van der Waals surface area contributed by atoms with Crippen LogP contribution in [0, 0.1) is 0 Å². The molecular weight excluding hydrogens is 528 g/mol. The zero-order valence-electron chi connectivity index (χ0n) is 22.2. The molecular formula is C29H26N6O6. The van der Waals surface area contributed by atoms with Gasteiger partial charge in [0.1, 0.15) is 0 Å². The topological polar surface area (TPSA) is 154 Å². The van der Waals surface area contributed by atoms with Crippen molar-refractivity contribution in [1.29, 1.82) is 0 Å². The number of aryl methyl sites for hydroxylation is 1. The van der Waals surface area contributed by atoms with Crippen LogP contribution in [0.25, 0.3) is 0 Å².